The molecule has 4 nitrogen and oxygen atoms in total. The quantitative estimate of drug-likeness (QED) is 0.735. The molecule has 0 radical (unpaired) electrons. The molecule has 1 fully saturated rings. The van der Waals surface area contributed by atoms with Crippen molar-refractivity contribution in [3.05, 3.63) is 35.9 Å². The molecule has 1 aromatic rings. The van der Waals surface area contributed by atoms with Gasteiger partial charge in [0.25, 0.3) is 0 Å². The maximum absolute atomic E-state index is 11.4. The smallest absolute Gasteiger partial charge is 0.340 e. The van der Waals surface area contributed by atoms with Crippen molar-refractivity contribution in [3.63, 3.8) is 0 Å². The fourth-order valence-corrected chi connectivity index (χ4v) is 2.56. The molecular formula is C13H16O4. The van der Waals surface area contributed by atoms with Crippen molar-refractivity contribution in [2.45, 2.75) is 31.0 Å². The first-order valence-corrected chi connectivity index (χ1v) is 5.74. The van der Waals surface area contributed by atoms with Crippen LogP contribution in [0.3, 0.4) is 0 Å². The number of rotatable bonds is 3. The second-order valence-corrected chi connectivity index (χ2v) is 4.60. The predicted octanol–water partition coefficient (Wildman–Crippen LogP) is 1.12. The predicted molar refractivity (Wildman–Crippen MR) is 61.3 cm³/mol. The van der Waals surface area contributed by atoms with Gasteiger partial charge in [-0.05, 0) is 24.8 Å². The van der Waals surface area contributed by atoms with Gasteiger partial charge < -0.3 is 15.3 Å². The zero-order valence-electron chi connectivity index (χ0n) is 9.41. The molecule has 3 atom stereocenters. The zero-order chi connectivity index (χ0) is 12.5. The molecule has 1 saturated carbocycles. The Morgan fingerprint density at radius 1 is 1.24 bits per heavy atom. The molecule has 0 aromatic heterocycles. The molecule has 0 saturated heterocycles. The van der Waals surface area contributed by atoms with Crippen LogP contribution in [0, 0.1) is 5.92 Å². The third-order valence-corrected chi connectivity index (χ3v) is 3.54. The van der Waals surface area contributed by atoms with Crippen LogP contribution in [0.15, 0.2) is 30.3 Å². The molecule has 0 bridgehead atoms. The molecule has 3 N–H and O–H groups in total. The third-order valence-electron chi connectivity index (χ3n) is 3.54. The first kappa shape index (κ1) is 12.1. The van der Waals surface area contributed by atoms with Gasteiger partial charge in [-0.15, -0.1) is 0 Å². The normalized spacial score (nSPS) is 27.6. The number of aliphatic hydroxyl groups is 2. The van der Waals surface area contributed by atoms with E-state index in [2.05, 4.69) is 0 Å². The molecule has 1 aromatic carbocycles. The van der Waals surface area contributed by atoms with E-state index in [4.69, 9.17) is 0 Å². The van der Waals surface area contributed by atoms with Crippen molar-refractivity contribution in [1.29, 1.82) is 0 Å². The Balaban J connectivity index is 2.37. The summed E-state index contributed by atoms with van der Waals surface area (Å²) in [7, 11) is 0. The second kappa shape index (κ2) is 4.47. The standard InChI is InChI=1S/C13H16O4/c14-11-7-6-10(8-11)13(17,12(15)16)9-4-2-1-3-5-9/h1-5,10-11,14,17H,6-8H2,(H,15,16)/t10-,11?,13+/m1/s1. The SMILES string of the molecule is O=C(O)[C@](O)(c1ccccc1)[C@@H]1CCC(O)C1. The summed E-state index contributed by atoms with van der Waals surface area (Å²) in [5, 5.41) is 29.3. The van der Waals surface area contributed by atoms with Gasteiger partial charge in [-0.3, -0.25) is 0 Å². The first-order chi connectivity index (χ1) is 8.05. The van der Waals surface area contributed by atoms with Crippen molar-refractivity contribution >= 4 is 5.97 Å². The van der Waals surface area contributed by atoms with Gasteiger partial charge in [0.1, 0.15) is 0 Å². The van der Waals surface area contributed by atoms with Crippen LogP contribution in [0.5, 0.6) is 0 Å². The Kier molecular flexibility index (Phi) is 3.17. The van der Waals surface area contributed by atoms with E-state index >= 15 is 0 Å². The molecule has 0 amide bonds. The van der Waals surface area contributed by atoms with Gasteiger partial charge >= 0.3 is 5.97 Å². The van der Waals surface area contributed by atoms with E-state index in [1.165, 1.54) is 0 Å². The first-order valence-electron chi connectivity index (χ1n) is 5.74. The number of aliphatic carboxylic acids is 1. The monoisotopic (exact) mass is 236 g/mol. The molecule has 92 valence electrons. The van der Waals surface area contributed by atoms with Gasteiger partial charge in [0, 0.05) is 5.92 Å². The zero-order valence-corrected chi connectivity index (χ0v) is 9.41. The highest BCUT2D eigenvalue weighted by atomic mass is 16.4. The summed E-state index contributed by atoms with van der Waals surface area (Å²) in [5.41, 5.74) is -1.51. The number of hydrogen-bond acceptors (Lipinski definition) is 3. The third kappa shape index (κ3) is 2.06. The van der Waals surface area contributed by atoms with Gasteiger partial charge in [0.05, 0.1) is 6.10 Å². The topological polar surface area (TPSA) is 77.8 Å². The fraction of sp³-hybridized carbons (Fsp3) is 0.462. The van der Waals surface area contributed by atoms with Crippen molar-refractivity contribution in [2.24, 2.45) is 5.92 Å². The molecule has 1 aliphatic carbocycles. The molecule has 4 heteroatoms. The number of carboxylic acid groups (broad SMARTS) is 1. The lowest BCUT2D eigenvalue weighted by Gasteiger charge is -2.30. The summed E-state index contributed by atoms with van der Waals surface area (Å²) in [5.74, 6) is -1.68. The van der Waals surface area contributed by atoms with E-state index in [9.17, 15) is 20.1 Å². The molecular weight excluding hydrogens is 220 g/mol. The van der Waals surface area contributed by atoms with E-state index in [0.717, 1.165) is 0 Å². The second-order valence-electron chi connectivity index (χ2n) is 4.60. The lowest BCUT2D eigenvalue weighted by molar-refractivity contribution is -0.166. The number of hydrogen-bond donors (Lipinski definition) is 3. The summed E-state index contributed by atoms with van der Waals surface area (Å²) >= 11 is 0. The Morgan fingerprint density at radius 2 is 1.88 bits per heavy atom. The molecule has 1 aliphatic rings. The Bertz CT molecular complexity index is 403. The molecule has 0 aliphatic heterocycles. The summed E-state index contributed by atoms with van der Waals surface area (Å²) < 4.78 is 0. The minimum absolute atomic E-state index is 0.331. The molecule has 1 unspecified atom stereocenters. The van der Waals surface area contributed by atoms with Crippen LogP contribution in [0.2, 0.25) is 0 Å². The van der Waals surface area contributed by atoms with Crippen LogP contribution < -0.4 is 0 Å². The average Bonchev–Trinajstić information content (AvgIpc) is 2.76. The van der Waals surface area contributed by atoms with Gasteiger partial charge in [-0.2, -0.15) is 0 Å². The van der Waals surface area contributed by atoms with Crippen LogP contribution >= 0.6 is 0 Å². The van der Waals surface area contributed by atoms with E-state index in [1.54, 1.807) is 30.3 Å². The number of aliphatic hydroxyl groups excluding tert-OH is 1. The van der Waals surface area contributed by atoms with Gasteiger partial charge in [0.2, 0.25) is 0 Å². The highest BCUT2D eigenvalue weighted by molar-refractivity contribution is 5.79. The Labute approximate surface area is 99.5 Å². The van der Waals surface area contributed by atoms with Crippen molar-refractivity contribution < 1.29 is 20.1 Å². The maximum atomic E-state index is 11.4. The van der Waals surface area contributed by atoms with Crippen LogP contribution in [-0.4, -0.2) is 27.4 Å². The van der Waals surface area contributed by atoms with E-state index in [1.807, 2.05) is 0 Å². The van der Waals surface area contributed by atoms with Crippen molar-refractivity contribution in [1.82, 2.24) is 0 Å². The van der Waals surface area contributed by atoms with Gasteiger partial charge in [0.15, 0.2) is 5.60 Å². The molecule has 2 rings (SSSR count). The highest BCUT2D eigenvalue weighted by Crippen LogP contribution is 2.40. The Morgan fingerprint density at radius 3 is 2.35 bits per heavy atom. The van der Waals surface area contributed by atoms with Crippen LogP contribution in [0.25, 0.3) is 0 Å². The molecule has 17 heavy (non-hydrogen) atoms. The van der Waals surface area contributed by atoms with Crippen LogP contribution in [0.1, 0.15) is 24.8 Å². The van der Waals surface area contributed by atoms with Gasteiger partial charge in [-0.1, -0.05) is 30.3 Å². The number of carboxylic acids is 1. The Hall–Kier alpha value is -1.39. The van der Waals surface area contributed by atoms with Crippen LogP contribution in [-0.2, 0) is 10.4 Å². The van der Waals surface area contributed by atoms with Crippen LogP contribution in [0.4, 0.5) is 0 Å². The van der Waals surface area contributed by atoms with Crippen molar-refractivity contribution in [3.8, 4) is 0 Å². The summed E-state index contributed by atoms with van der Waals surface area (Å²) in [6.07, 6.45) is 0.901. The largest absolute Gasteiger partial charge is 0.479 e. The lowest BCUT2D eigenvalue weighted by atomic mass is 9.80. The van der Waals surface area contributed by atoms with E-state index < -0.39 is 23.6 Å². The average molecular weight is 236 g/mol. The maximum Gasteiger partial charge on any atom is 0.340 e. The number of carbonyl (C=O) groups is 1. The van der Waals surface area contributed by atoms with E-state index in [-0.39, 0.29) is 0 Å². The molecule has 0 spiro atoms. The summed E-state index contributed by atoms with van der Waals surface area (Å²) in [6, 6.07) is 8.40. The lowest BCUT2D eigenvalue weighted by Crippen LogP contribution is -2.42. The summed E-state index contributed by atoms with van der Waals surface area (Å²) in [6.45, 7) is 0. The van der Waals surface area contributed by atoms with Gasteiger partial charge in [-0.25, -0.2) is 4.79 Å². The van der Waals surface area contributed by atoms with Crippen molar-refractivity contribution in [2.75, 3.05) is 0 Å². The minimum Gasteiger partial charge on any atom is -0.479 e. The highest BCUT2D eigenvalue weighted by Gasteiger charge is 2.48. The fourth-order valence-electron chi connectivity index (χ4n) is 2.56. The minimum atomic E-state index is -1.89. The number of benzene rings is 1. The summed E-state index contributed by atoms with van der Waals surface area (Å²) in [4.78, 5) is 11.4. The van der Waals surface area contributed by atoms with E-state index in [0.29, 0.717) is 24.8 Å². The molecule has 0 heterocycles.